The molecule has 0 saturated heterocycles. The van der Waals surface area contributed by atoms with Gasteiger partial charge < -0.3 is 5.32 Å². The van der Waals surface area contributed by atoms with Crippen molar-refractivity contribution in [2.45, 2.75) is 28.9 Å². The molecule has 1 aromatic carbocycles. The third-order valence-corrected chi connectivity index (χ3v) is 4.68. The van der Waals surface area contributed by atoms with Gasteiger partial charge in [0.1, 0.15) is 5.82 Å². The van der Waals surface area contributed by atoms with Gasteiger partial charge in [-0.25, -0.2) is 4.39 Å². The molecule has 1 aliphatic heterocycles. The number of fused-ring (bicyclic) bond motifs is 1. The lowest BCUT2D eigenvalue weighted by atomic mass is 9.84. The van der Waals surface area contributed by atoms with Crippen LogP contribution in [0.2, 0.25) is 0 Å². The summed E-state index contributed by atoms with van der Waals surface area (Å²) in [5.41, 5.74) is 1.09. The van der Waals surface area contributed by atoms with Gasteiger partial charge in [0.25, 0.3) is 0 Å². The van der Waals surface area contributed by atoms with Crippen molar-refractivity contribution in [2.24, 2.45) is 0 Å². The second-order valence-corrected chi connectivity index (χ2v) is 5.64. The predicted octanol–water partition coefficient (Wildman–Crippen LogP) is 3.27. The zero-order chi connectivity index (χ0) is 9.60. The Kier molecular flexibility index (Phi) is 1.78. The van der Waals surface area contributed by atoms with Crippen LogP contribution in [0.25, 0.3) is 0 Å². The number of benzene rings is 1. The smallest absolute Gasteiger partial charge is 0.124 e. The predicted molar refractivity (Wildman–Crippen MR) is 57.3 cm³/mol. The molecule has 1 N–H and O–H groups in total. The van der Waals surface area contributed by atoms with Crippen LogP contribution in [0.3, 0.4) is 0 Å². The van der Waals surface area contributed by atoms with Crippen LogP contribution in [0.15, 0.2) is 23.1 Å². The first kappa shape index (κ1) is 8.60. The number of hydrogen-bond donors (Lipinski definition) is 1. The zero-order valence-corrected chi connectivity index (χ0v) is 8.66. The van der Waals surface area contributed by atoms with Crippen LogP contribution in [0.5, 0.6) is 0 Å². The maximum absolute atomic E-state index is 13.0. The van der Waals surface area contributed by atoms with E-state index in [9.17, 15) is 4.39 Å². The molecule has 1 fully saturated rings. The van der Waals surface area contributed by atoms with Gasteiger partial charge >= 0.3 is 0 Å². The monoisotopic (exact) mass is 209 g/mol. The number of hydrogen-bond acceptors (Lipinski definition) is 2. The van der Waals surface area contributed by atoms with Crippen molar-refractivity contribution < 1.29 is 4.39 Å². The molecule has 0 radical (unpaired) electrons. The first-order valence-electron chi connectivity index (χ1n) is 5.00. The standard InChI is InChI=1S/C11H12FNS/c12-8-2-3-9-10(6-8)14-11(7-13-9)4-1-5-11/h2-3,6,13H,1,4-5,7H2. The molecule has 0 atom stereocenters. The Labute approximate surface area is 87.1 Å². The Morgan fingerprint density at radius 1 is 1.36 bits per heavy atom. The van der Waals surface area contributed by atoms with Gasteiger partial charge in [0, 0.05) is 21.9 Å². The Balaban J connectivity index is 1.96. The van der Waals surface area contributed by atoms with Crippen LogP contribution < -0.4 is 5.32 Å². The van der Waals surface area contributed by atoms with E-state index in [1.807, 2.05) is 17.8 Å². The molecule has 3 heteroatoms. The highest BCUT2D eigenvalue weighted by molar-refractivity contribution is 8.01. The van der Waals surface area contributed by atoms with Crippen molar-refractivity contribution in [3.8, 4) is 0 Å². The molecule has 0 amide bonds. The number of anilines is 1. The van der Waals surface area contributed by atoms with Crippen molar-refractivity contribution >= 4 is 17.4 Å². The molecule has 1 aliphatic carbocycles. The molecule has 1 heterocycles. The second kappa shape index (κ2) is 2.89. The van der Waals surface area contributed by atoms with Crippen LogP contribution in [-0.4, -0.2) is 11.3 Å². The highest BCUT2D eigenvalue weighted by atomic mass is 32.2. The molecule has 0 unspecified atom stereocenters. The van der Waals surface area contributed by atoms with Gasteiger partial charge in [-0.2, -0.15) is 0 Å². The third kappa shape index (κ3) is 1.22. The van der Waals surface area contributed by atoms with Crippen molar-refractivity contribution in [1.82, 2.24) is 0 Å². The van der Waals surface area contributed by atoms with E-state index >= 15 is 0 Å². The topological polar surface area (TPSA) is 12.0 Å². The molecule has 74 valence electrons. The van der Waals surface area contributed by atoms with E-state index in [0.29, 0.717) is 4.75 Å². The minimum absolute atomic E-state index is 0.130. The minimum atomic E-state index is -0.130. The fraction of sp³-hybridized carbons (Fsp3) is 0.455. The summed E-state index contributed by atoms with van der Waals surface area (Å²) in [7, 11) is 0. The summed E-state index contributed by atoms with van der Waals surface area (Å²) >= 11 is 1.86. The van der Waals surface area contributed by atoms with E-state index in [2.05, 4.69) is 5.32 Å². The molecule has 1 aromatic rings. The minimum Gasteiger partial charge on any atom is -0.383 e. The first-order chi connectivity index (χ1) is 6.77. The molecular weight excluding hydrogens is 197 g/mol. The van der Waals surface area contributed by atoms with E-state index in [-0.39, 0.29) is 5.82 Å². The average molecular weight is 209 g/mol. The zero-order valence-electron chi connectivity index (χ0n) is 7.85. The van der Waals surface area contributed by atoms with Crippen molar-refractivity contribution in [3.63, 3.8) is 0 Å². The van der Waals surface area contributed by atoms with Crippen LogP contribution >= 0.6 is 11.8 Å². The van der Waals surface area contributed by atoms with Gasteiger partial charge in [0.15, 0.2) is 0 Å². The van der Waals surface area contributed by atoms with Crippen molar-refractivity contribution in [3.05, 3.63) is 24.0 Å². The van der Waals surface area contributed by atoms with E-state index in [1.165, 1.54) is 25.3 Å². The van der Waals surface area contributed by atoms with E-state index in [1.54, 1.807) is 6.07 Å². The second-order valence-electron chi connectivity index (χ2n) is 4.13. The van der Waals surface area contributed by atoms with Crippen molar-refractivity contribution in [1.29, 1.82) is 0 Å². The summed E-state index contributed by atoms with van der Waals surface area (Å²) in [4.78, 5) is 1.08. The van der Waals surface area contributed by atoms with Crippen LogP contribution in [-0.2, 0) is 0 Å². The number of nitrogens with one attached hydrogen (secondary N) is 1. The lowest BCUT2D eigenvalue weighted by Gasteiger charge is -2.44. The molecule has 0 aromatic heterocycles. The van der Waals surface area contributed by atoms with Crippen LogP contribution in [0, 0.1) is 5.82 Å². The summed E-state index contributed by atoms with van der Waals surface area (Å²) in [6, 6.07) is 5.00. The molecule has 1 spiro atoms. The fourth-order valence-electron chi connectivity index (χ4n) is 2.10. The average Bonchev–Trinajstić information content (AvgIpc) is 2.14. The molecule has 1 nitrogen and oxygen atoms in total. The first-order valence-corrected chi connectivity index (χ1v) is 5.82. The van der Waals surface area contributed by atoms with E-state index < -0.39 is 0 Å². The van der Waals surface area contributed by atoms with Crippen molar-refractivity contribution in [2.75, 3.05) is 11.9 Å². The summed E-state index contributed by atoms with van der Waals surface area (Å²) in [6.07, 6.45) is 3.85. The highest BCUT2D eigenvalue weighted by Crippen LogP contribution is 2.52. The quantitative estimate of drug-likeness (QED) is 0.703. The summed E-state index contributed by atoms with van der Waals surface area (Å²) in [5.74, 6) is -0.130. The highest BCUT2D eigenvalue weighted by Gasteiger charge is 2.40. The third-order valence-electron chi connectivity index (χ3n) is 3.14. The largest absolute Gasteiger partial charge is 0.383 e. The van der Waals surface area contributed by atoms with E-state index in [4.69, 9.17) is 0 Å². The summed E-state index contributed by atoms with van der Waals surface area (Å²) in [5, 5.41) is 3.40. The SMILES string of the molecule is Fc1ccc2c(c1)SC1(CCC1)CN2. The van der Waals surface area contributed by atoms with E-state index in [0.717, 1.165) is 17.1 Å². The van der Waals surface area contributed by atoms with Gasteiger partial charge in [0.05, 0.1) is 0 Å². The molecule has 14 heavy (non-hydrogen) atoms. The van der Waals surface area contributed by atoms with Gasteiger partial charge in [-0.15, -0.1) is 11.8 Å². The Morgan fingerprint density at radius 3 is 2.93 bits per heavy atom. The molecule has 3 rings (SSSR count). The van der Waals surface area contributed by atoms with Gasteiger partial charge in [0.2, 0.25) is 0 Å². The molecule has 2 aliphatic rings. The lowest BCUT2D eigenvalue weighted by molar-refractivity contribution is 0.376. The Hall–Kier alpha value is -0.700. The lowest BCUT2D eigenvalue weighted by Crippen LogP contribution is -2.42. The van der Waals surface area contributed by atoms with Gasteiger partial charge in [-0.05, 0) is 31.0 Å². The maximum atomic E-state index is 13.0. The van der Waals surface area contributed by atoms with Crippen LogP contribution in [0.4, 0.5) is 10.1 Å². The Bertz CT molecular complexity index is 374. The fourth-order valence-corrected chi connectivity index (χ4v) is 3.63. The normalized spacial score (nSPS) is 22.4. The number of thioether (sulfide) groups is 1. The molecule has 0 bridgehead atoms. The number of halogens is 1. The van der Waals surface area contributed by atoms with Crippen LogP contribution in [0.1, 0.15) is 19.3 Å². The molecule has 1 saturated carbocycles. The molecular formula is C11H12FNS. The van der Waals surface area contributed by atoms with Gasteiger partial charge in [-0.3, -0.25) is 0 Å². The Morgan fingerprint density at radius 2 is 2.21 bits per heavy atom. The number of rotatable bonds is 0. The summed E-state index contributed by atoms with van der Waals surface area (Å²) < 4.78 is 13.4. The maximum Gasteiger partial charge on any atom is 0.124 e. The van der Waals surface area contributed by atoms with Gasteiger partial charge in [-0.1, -0.05) is 6.42 Å². The summed E-state index contributed by atoms with van der Waals surface area (Å²) in [6.45, 7) is 1.04.